The second kappa shape index (κ2) is 5.75. The fraction of sp³-hybridized carbons (Fsp3) is 0.0833. The molecule has 1 amide bonds. The van der Waals surface area contributed by atoms with Gasteiger partial charge in [0.15, 0.2) is 11.6 Å². The van der Waals surface area contributed by atoms with E-state index in [1.807, 2.05) is 0 Å². The molecule has 1 aromatic heterocycles. The van der Waals surface area contributed by atoms with E-state index in [0.717, 1.165) is 0 Å². The van der Waals surface area contributed by atoms with Gasteiger partial charge in [0.2, 0.25) is 5.91 Å². The maximum Gasteiger partial charge on any atom is 0.263 e. The Kier molecular flexibility index (Phi) is 4.03. The summed E-state index contributed by atoms with van der Waals surface area (Å²) in [5, 5.41) is 2.55. The number of hydrogen-bond donors (Lipinski definition) is 3. The fourth-order valence-corrected chi connectivity index (χ4v) is 2.56. The number of aromatic nitrogens is 2. The molecule has 0 saturated carbocycles. The van der Waals surface area contributed by atoms with Crippen LogP contribution in [0.1, 0.15) is 6.92 Å². The molecule has 21 heavy (non-hydrogen) atoms. The number of rotatable bonds is 4. The van der Waals surface area contributed by atoms with Crippen molar-refractivity contribution in [3.05, 3.63) is 36.7 Å². The number of nitrogens with two attached hydrogens (primary N) is 1. The molecule has 0 spiro atoms. The summed E-state index contributed by atoms with van der Waals surface area (Å²) in [6.07, 6.45) is 2.68. The van der Waals surface area contributed by atoms with Crippen molar-refractivity contribution >= 4 is 33.3 Å². The summed E-state index contributed by atoms with van der Waals surface area (Å²) < 4.78 is 26.6. The van der Waals surface area contributed by atoms with Crippen LogP contribution in [0.4, 0.5) is 17.3 Å². The van der Waals surface area contributed by atoms with Crippen LogP contribution >= 0.6 is 0 Å². The molecule has 1 heterocycles. The van der Waals surface area contributed by atoms with Crippen molar-refractivity contribution in [1.29, 1.82) is 0 Å². The average Bonchev–Trinajstić information content (AvgIpc) is 2.41. The number of hydrogen-bond acceptors (Lipinski definition) is 6. The number of sulfonamides is 1. The normalized spacial score (nSPS) is 10.9. The first kappa shape index (κ1) is 14.7. The number of nitrogens with one attached hydrogen (secondary N) is 2. The van der Waals surface area contributed by atoms with Gasteiger partial charge in [-0.05, 0) is 24.3 Å². The minimum Gasteiger partial charge on any atom is -0.381 e. The van der Waals surface area contributed by atoms with Gasteiger partial charge in [0.05, 0.1) is 4.90 Å². The maximum atomic E-state index is 12.2. The molecule has 0 aliphatic rings. The Bertz CT molecular complexity index is 759. The highest BCUT2D eigenvalue weighted by Gasteiger charge is 2.16. The van der Waals surface area contributed by atoms with Gasteiger partial charge in [-0.3, -0.25) is 9.52 Å². The second-order valence-electron chi connectivity index (χ2n) is 4.10. The van der Waals surface area contributed by atoms with Gasteiger partial charge in [0.25, 0.3) is 10.0 Å². The molecule has 9 heteroatoms. The van der Waals surface area contributed by atoms with Crippen molar-refractivity contribution in [2.45, 2.75) is 11.8 Å². The summed E-state index contributed by atoms with van der Waals surface area (Å²) in [6, 6.07) is 5.69. The molecule has 0 bridgehead atoms. The summed E-state index contributed by atoms with van der Waals surface area (Å²) in [7, 11) is -3.83. The van der Waals surface area contributed by atoms with E-state index in [0.29, 0.717) is 5.69 Å². The largest absolute Gasteiger partial charge is 0.381 e. The van der Waals surface area contributed by atoms with Gasteiger partial charge in [-0.2, -0.15) is 0 Å². The maximum absolute atomic E-state index is 12.2. The van der Waals surface area contributed by atoms with Crippen molar-refractivity contribution in [2.24, 2.45) is 0 Å². The zero-order valence-corrected chi connectivity index (χ0v) is 11.9. The molecule has 0 aliphatic carbocycles. The molecule has 0 fully saturated rings. The predicted octanol–water partition coefficient (Wildman–Crippen LogP) is 0.818. The van der Waals surface area contributed by atoms with Crippen LogP contribution in [-0.4, -0.2) is 24.3 Å². The Morgan fingerprint density at radius 3 is 2.33 bits per heavy atom. The zero-order valence-electron chi connectivity index (χ0n) is 11.1. The molecule has 0 atom stereocenters. The molecule has 110 valence electrons. The molecule has 4 N–H and O–H groups in total. The molecular weight excluding hydrogens is 294 g/mol. The molecule has 8 nitrogen and oxygen atoms in total. The lowest BCUT2D eigenvalue weighted by Gasteiger charge is -2.09. The highest BCUT2D eigenvalue weighted by Crippen LogP contribution is 2.19. The van der Waals surface area contributed by atoms with E-state index in [1.165, 1.54) is 43.6 Å². The van der Waals surface area contributed by atoms with Crippen LogP contribution in [0.3, 0.4) is 0 Å². The lowest BCUT2D eigenvalue weighted by Crippen LogP contribution is -2.15. The van der Waals surface area contributed by atoms with E-state index in [9.17, 15) is 13.2 Å². The summed E-state index contributed by atoms with van der Waals surface area (Å²) in [6.45, 7) is 1.36. The van der Waals surface area contributed by atoms with Crippen molar-refractivity contribution in [1.82, 2.24) is 9.97 Å². The van der Waals surface area contributed by atoms with Gasteiger partial charge in [0.1, 0.15) is 0 Å². The summed E-state index contributed by atoms with van der Waals surface area (Å²) in [5.74, 6) is -0.296. The number of carbonyl (C=O) groups is 1. The van der Waals surface area contributed by atoms with E-state index < -0.39 is 10.0 Å². The quantitative estimate of drug-likeness (QED) is 0.767. The van der Waals surface area contributed by atoms with Crippen LogP contribution in [0.5, 0.6) is 0 Å². The lowest BCUT2D eigenvalue weighted by atomic mass is 10.3. The fourth-order valence-electron chi connectivity index (χ4n) is 1.53. The summed E-state index contributed by atoms with van der Waals surface area (Å²) >= 11 is 0. The zero-order chi connectivity index (χ0) is 15.5. The monoisotopic (exact) mass is 307 g/mol. The topological polar surface area (TPSA) is 127 Å². The molecule has 0 radical (unpaired) electrons. The van der Waals surface area contributed by atoms with Crippen molar-refractivity contribution in [2.75, 3.05) is 15.8 Å². The van der Waals surface area contributed by atoms with Gasteiger partial charge in [0, 0.05) is 25.0 Å². The predicted molar refractivity (Wildman–Crippen MR) is 78.0 cm³/mol. The van der Waals surface area contributed by atoms with E-state index in [-0.39, 0.29) is 22.4 Å². The van der Waals surface area contributed by atoms with Crippen LogP contribution in [0, 0.1) is 0 Å². The minimum absolute atomic E-state index is 0.0154. The molecule has 0 aliphatic heterocycles. The van der Waals surface area contributed by atoms with Gasteiger partial charge in [-0.1, -0.05) is 0 Å². The van der Waals surface area contributed by atoms with Gasteiger partial charge < -0.3 is 11.1 Å². The Hall–Kier alpha value is -2.68. The third-order valence-electron chi connectivity index (χ3n) is 2.44. The van der Waals surface area contributed by atoms with Crippen LogP contribution in [0.15, 0.2) is 41.6 Å². The van der Waals surface area contributed by atoms with E-state index in [1.54, 1.807) is 0 Å². The minimum atomic E-state index is -3.83. The number of carbonyl (C=O) groups excluding carboxylic acids is 1. The van der Waals surface area contributed by atoms with Crippen LogP contribution in [0.2, 0.25) is 0 Å². The smallest absolute Gasteiger partial charge is 0.263 e. The molecule has 0 unspecified atom stereocenters. The number of anilines is 3. The Morgan fingerprint density at radius 1 is 1.14 bits per heavy atom. The third kappa shape index (κ3) is 3.66. The first-order valence-corrected chi connectivity index (χ1v) is 7.34. The summed E-state index contributed by atoms with van der Waals surface area (Å²) in [5.41, 5.74) is 6.04. The van der Waals surface area contributed by atoms with Crippen molar-refractivity contribution in [3.8, 4) is 0 Å². The highest BCUT2D eigenvalue weighted by molar-refractivity contribution is 7.92. The Labute approximate surface area is 121 Å². The molecule has 2 aromatic rings. The number of amides is 1. The lowest BCUT2D eigenvalue weighted by molar-refractivity contribution is -0.114. The SMILES string of the molecule is CC(=O)Nc1ccc(S(=O)(=O)Nc2nccnc2N)cc1. The number of nitrogens with zero attached hydrogens (tertiary/aromatic N) is 2. The van der Waals surface area contributed by atoms with Gasteiger partial charge in [-0.15, -0.1) is 0 Å². The van der Waals surface area contributed by atoms with Gasteiger partial charge in [-0.25, -0.2) is 18.4 Å². The average molecular weight is 307 g/mol. The number of nitrogen functional groups attached to an aromatic ring is 1. The van der Waals surface area contributed by atoms with Crippen LogP contribution in [-0.2, 0) is 14.8 Å². The molecular formula is C12H13N5O3S. The Morgan fingerprint density at radius 2 is 1.76 bits per heavy atom. The van der Waals surface area contributed by atoms with E-state index in [4.69, 9.17) is 5.73 Å². The molecule has 2 rings (SSSR count). The molecule has 0 saturated heterocycles. The Balaban J connectivity index is 2.24. The van der Waals surface area contributed by atoms with Crippen molar-refractivity contribution in [3.63, 3.8) is 0 Å². The van der Waals surface area contributed by atoms with Crippen molar-refractivity contribution < 1.29 is 13.2 Å². The second-order valence-corrected chi connectivity index (χ2v) is 5.78. The van der Waals surface area contributed by atoms with Crippen LogP contribution in [0.25, 0.3) is 0 Å². The van der Waals surface area contributed by atoms with E-state index in [2.05, 4.69) is 20.0 Å². The van der Waals surface area contributed by atoms with Gasteiger partial charge >= 0.3 is 0 Å². The first-order valence-electron chi connectivity index (χ1n) is 5.85. The first-order chi connectivity index (χ1) is 9.88. The number of benzene rings is 1. The standard InChI is InChI=1S/C12H13N5O3S/c1-8(18)16-9-2-4-10(5-3-9)21(19,20)17-12-11(13)14-6-7-15-12/h2-7H,1H3,(H2,13,14)(H,15,17)(H,16,18). The summed E-state index contributed by atoms with van der Waals surface area (Å²) in [4.78, 5) is 18.5. The third-order valence-corrected chi connectivity index (χ3v) is 3.80. The molecule has 1 aromatic carbocycles. The van der Waals surface area contributed by atoms with E-state index >= 15 is 0 Å². The van der Waals surface area contributed by atoms with Crippen LogP contribution < -0.4 is 15.8 Å². The highest BCUT2D eigenvalue weighted by atomic mass is 32.2.